The molecule has 3 heterocycles. The Labute approximate surface area is 147 Å². The van der Waals surface area contributed by atoms with Gasteiger partial charge in [-0.05, 0) is 31.9 Å². The van der Waals surface area contributed by atoms with Crippen molar-refractivity contribution >= 4 is 17.2 Å². The van der Waals surface area contributed by atoms with Crippen LogP contribution in [-0.4, -0.2) is 40.3 Å². The Morgan fingerprint density at radius 1 is 1.25 bits per heavy atom. The van der Waals surface area contributed by atoms with E-state index < -0.39 is 0 Å². The van der Waals surface area contributed by atoms with Gasteiger partial charge in [0.05, 0.1) is 12.0 Å². The summed E-state index contributed by atoms with van der Waals surface area (Å²) in [6, 6.07) is 8.48. The van der Waals surface area contributed by atoms with Crippen molar-refractivity contribution in [1.29, 1.82) is 0 Å². The molecule has 2 fully saturated rings. The Balaban J connectivity index is 1.41. The smallest absolute Gasteiger partial charge is 0.230 e. The van der Waals surface area contributed by atoms with E-state index in [0.29, 0.717) is 5.91 Å². The number of hydrogen-bond acceptors (Lipinski definition) is 4. The third kappa shape index (κ3) is 2.98. The van der Waals surface area contributed by atoms with Crippen LogP contribution in [0.3, 0.4) is 0 Å². The number of aryl methyl sites for hydroxylation is 1. The first-order valence-corrected chi connectivity index (χ1v) is 9.48. The molecule has 0 saturated carbocycles. The monoisotopic (exact) mass is 341 g/mol. The molecule has 24 heavy (non-hydrogen) atoms. The first-order valence-electron chi connectivity index (χ1n) is 8.60. The molecule has 1 spiro atoms. The molecule has 2 aliphatic rings. The highest BCUT2D eigenvalue weighted by Gasteiger charge is 2.50. The van der Waals surface area contributed by atoms with Crippen molar-refractivity contribution < 1.29 is 4.79 Å². The van der Waals surface area contributed by atoms with E-state index >= 15 is 0 Å². The molecule has 1 atom stereocenters. The maximum atomic E-state index is 13.1. The lowest BCUT2D eigenvalue weighted by Gasteiger charge is -2.23. The zero-order valence-corrected chi connectivity index (χ0v) is 14.9. The summed E-state index contributed by atoms with van der Waals surface area (Å²) in [5.74, 6) is 0.352. The van der Waals surface area contributed by atoms with Crippen molar-refractivity contribution in [2.45, 2.75) is 32.9 Å². The van der Waals surface area contributed by atoms with Gasteiger partial charge in [-0.3, -0.25) is 9.69 Å². The lowest BCUT2D eigenvalue weighted by Crippen LogP contribution is -2.36. The normalized spacial score (nSPS) is 24.4. The van der Waals surface area contributed by atoms with Gasteiger partial charge in [0.1, 0.15) is 5.01 Å². The van der Waals surface area contributed by atoms with Crippen LogP contribution in [0.5, 0.6) is 0 Å². The molecule has 1 aromatic carbocycles. The van der Waals surface area contributed by atoms with Crippen LogP contribution < -0.4 is 0 Å². The van der Waals surface area contributed by atoms with E-state index in [9.17, 15) is 4.79 Å². The van der Waals surface area contributed by atoms with Crippen molar-refractivity contribution in [2.24, 2.45) is 5.41 Å². The third-order valence-corrected chi connectivity index (χ3v) is 6.10. The molecule has 0 radical (unpaired) electrons. The fourth-order valence-corrected chi connectivity index (χ4v) is 4.73. The maximum Gasteiger partial charge on any atom is 0.230 e. The molecule has 4 rings (SSSR count). The van der Waals surface area contributed by atoms with Crippen LogP contribution in [0.1, 0.15) is 29.0 Å². The summed E-state index contributed by atoms with van der Waals surface area (Å²) < 4.78 is 0. The summed E-state index contributed by atoms with van der Waals surface area (Å²) in [7, 11) is 0. The summed E-state index contributed by atoms with van der Waals surface area (Å²) in [4.78, 5) is 21.9. The number of carbonyl (C=O) groups is 1. The van der Waals surface area contributed by atoms with Crippen molar-refractivity contribution in [2.75, 3.05) is 19.6 Å². The zero-order chi connectivity index (χ0) is 16.6. The van der Waals surface area contributed by atoms with Crippen LogP contribution in [0.2, 0.25) is 0 Å². The largest absolute Gasteiger partial charge is 0.338 e. The maximum absolute atomic E-state index is 13.1. The van der Waals surface area contributed by atoms with E-state index in [1.54, 1.807) is 11.3 Å². The summed E-state index contributed by atoms with van der Waals surface area (Å²) in [5.41, 5.74) is 2.34. The van der Waals surface area contributed by atoms with Gasteiger partial charge in [-0.2, -0.15) is 0 Å². The van der Waals surface area contributed by atoms with E-state index in [1.165, 1.54) is 11.1 Å². The van der Waals surface area contributed by atoms with Gasteiger partial charge in [0.25, 0.3) is 0 Å². The average molecular weight is 341 g/mol. The van der Waals surface area contributed by atoms with Crippen molar-refractivity contribution in [3.8, 4) is 0 Å². The van der Waals surface area contributed by atoms with Crippen molar-refractivity contribution in [1.82, 2.24) is 14.8 Å². The van der Waals surface area contributed by atoms with Gasteiger partial charge >= 0.3 is 0 Å². The molecule has 1 amide bonds. The standard InChI is InChI=1S/C19H23N3OS/c1-15-3-2-4-16(11-15)12-22-9-6-19(18(22)23)5-8-21(14-19)13-17-20-7-10-24-17/h2-4,7,10-11H,5-6,8-9,12-14H2,1H3. The lowest BCUT2D eigenvalue weighted by atomic mass is 9.85. The second-order valence-corrected chi connectivity index (χ2v) is 8.11. The molecule has 0 N–H and O–H groups in total. The number of thiazole rings is 1. The first kappa shape index (κ1) is 15.8. The van der Waals surface area contributed by atoms with Crippen LogP contribution in [0.25, 0.3) is 0 Å². The predicted molar refractivity (Wildman–Crippen MR) is 95.7 cm³/mol. The Kier molecular flexibility index (Phi) is 4.14. The molecule has 1 aromatic heterocycles. The van der Waals surface area contributed by atoms with Gasteiger partial charge in [-0.15, -0.1) is 11.3 Å². The highest BCUT2D eigenvalue weighted by molar-refractivity contribution is 7.09. The Morgan fingerprint density at radius 2 is 2.12 bits per heavy atom. The molecule has 1 unspecified atom stereocenters. The number of benzene rings is 1. The number of carbonyl (C=O) groups excluding carboxylic acids is 1. The number of likely N-dealkylation sites (tertiary alicyclic amines) is 2. The summed E-state index contributed by atoms with van der Waals surface area (Å²) >= 11 is 1.70. The van der Waals surface area contributed by atoms with E-state index in [4.69, 9.17) is 0 Å². The fraction of sp³-hybridized carbons (Fsp3) is 0.474. The van der Waals surface area contributed by atoms with Crippen LogP contribution in [-0.2, 0) is 17.9 Å². The van der Waals surface area contributed by atoms with E-state index in [2.05, 4.69) is 46.0 Å². The van der Waals surface area contributed by atoms with E-state index in [1.807, 2.05) is 11.6 Å². The van der Waals surface area contributed by atoms with Gasteiger partial charge in [-0.1, -0.05) is 29.8 Å². The molecule has 5 heteroatoms. The summed E-state index contributed by atoms with van der Waals surface area (Å²) in [5, 5.41) is 3.17. The molecular weight excluding hydrogens is 318 g/mol. The number of aromatic nitrogens is 1. The lowest BCUT2D eigenvalue weighted by molar-refractivity contribution is -0.136. The zero-order valence-electron chi connectivity index (χ0n) is 14.1. The minimum absolute atomic E-state index is 0.152. The third-order valence-electron chi connectivity index (χ3n) is 5.33. The quantitative estimate of drug-likeness (QED) is 0.857. The second-order valence-electron chi connectivity index (χ2n) is 7.13. The van der Waals surface area contributed by atoms with E-state index in [0.717, 1.165) is 50.6 Å². The highest BCUT2D eigenvalue weighted by atomic mass is 32.1. The molecule has 2 aliphatic heterocycles. The number of nitrogens with zero attached hydrogens (tertiary/aromatic N) is 3. The van der Waals surface area contributed by atoms with Crippen molar-refractivity contribution in [3.63, 3.8) is 0 Å². The average Bonchev–Trinajstić information content (AvgIpc) is 3.27. The molecular formula is C19H23N3OS. The van der Waals surface area contributed by atoms with Gasteiger partial charge < -0.3 is 4.90 Å². The molecule has 4 nitrogen and oxygen atoms in total. The predicted octanol–water partition coefficient (Wildman–Crippen LogP) is 3.08. The van der Waals surface area contributed by atoms with Gasteiger partial charge in [-0.25, -0.2) is 4.98 Å². The Bertz CT molecular complexity index is 730. The fourth-order valence-electron chi connectivity index (χ4n) is 4.07. The van der Waals surface area contributed by atoms with Crippen molar-refractivity contribution in [3.05, 3.63) is 52.0 Å². The highest BCUT2D eigenvalue weighted by Crippen LogP contribution is 2.41. The van der Waals surface area contributed by atoms with Gasteiger partial charge in [0, 0.05) is 31.2 Å². The van der Waals surface area contributed by atoms with Crippen LogP contribution in [0.15, 0.2) is 35.8 Å². The molecule has 0 aliphatic carbocycles. The first-order chi connectivity index (χ1) is 11.6. The van der Waals surface area contributed by atoms with Crippen LogP contribution in [0, 0.1) is 12.3 Å². The number of rotatable bonds is 4. The number of amides is 1. The summed E-state index contributed by atoms with van der Waals surface area (Å²) in [6.07, 6.45) is 3.84. The Hall–Kier alpha value is -1.72. The SMILES string of the molecule is Cc1cccc(CN2CCC3(CCN(Cc4nccs4)C3)C2=O)c1. The van der Waals surface area contributed by atoms with Crippen LogP contribution >= 0.6 is 11.3 Å². The minimum atomic E-state index is -0.152. The van der Waals surface area contributed by atoms with Crippen LogP contribution in [0.4, 0.5) is 0 Å². The second kappa shape index (κ2) is 6.30. The van der Waals surface area contributed by atoms with E-state index in [-0.39, 0.29) is 5.41 Å². The Morgan fingerprint density at radius 3 is 2.92 bits per heavy atom. The molecule has 0 bridgehead atoms. The molecule has 2 aromatic rings. The van der Waals surface area contributed by atoms with Gasteiger partial charge in [0.15, 0.2) is 0 Å². The summed E-state index contributed by atoms with van der Waals surface area (Å²) in [6.45, 7) is 6.50. The van der Waals surface area contributed by atoms with Gasteiger partial charge in [0.2, 0.25) is 5.91 Å². The topological polar surface area (TPSA) is 36.4 Å². The molecule has 126 valence electrons. The molecule has 2 saturated heterocycles. The number of hydrogen-bond donors (Lipinski definition) is 0. The minimum Gasteiger partial charge on any atom is -0.338 e.